The van der Waals surface area contributed by atoms with Crippen LogP contribution in [0, 0.1) is 0 Å². The summed E-state index contributed by atoms with van der Waals surface area (Å²) in [4.78, 5) is 4.65. The predicted molar refractivity (Wildman–Crippen MR) is 85.6 cm³/mol. The Bertz CT molecular complexity index is 455. The molecule has 112 valence electrons. The lowest BCUT2D eigenvalue weighted by atomic mass is 9.94. The molecule has 0 aliphatic carbocycles. The van der Waals surface area contributed by atoms with Crippen LogP contribution in [0.2, 0.25) is 0 Å². The van der Waals surface area contributed by atoms with Crippen LogP contribution >= 0.6 is 0 Å². The van der Waals surface area contributed by atoms with Gasteiger partial charge in [-0.3, -0.25) is 0 Å². The van der Waals surface area contributed by atoms with Gasteiger partial charge >= 0.3 is 0 Å². The van der Waals surface area contributed by atoms with E-state index < -0.39 is 0 Å². The lowest BCUT2D eigenvalue weighted by molar-refractivity contribution is 0.0572. The van der Waals surface area contributed by atoms with Gasteiger partial charge in [0, 0.05) is 24.8 Å². The number of nitrogens with zero attached hydrogens (tertiary/aromatic N) is 2. The summed E-state index contributed by atoms with van der Waals surface area (Å²) in [6.45, 7) is 7.39. The average molecular weight is 277 g/mol. The molecule has 0 atom stereocenters. The molecule has 1 aromatic carbocycles. The highest BCUT2D eigenvalue weighted by atomic mass is 16.5. The zero-order chi connectivity index (χ0) is 14.8. The van der Waals surface area contributed by atoms with E-state index in [1.165, 1.54) is 5.69 Å². The summed E-state index contributed by atoms with van der Waals surface area (Å²) in [5.74, 6) is 0.929. The van der Waals surface area contributed by atoms with Gasteiger partial charge in [-0.1, -0.05) is 13.8 Å². The van der Waals surface area contributed by atoms with Crippen molar-refractivity contribution >= 4 is 11.4 Å². The molecule has 2 rings (SSSR count). The summed E-state index contributed by atoms with van der Waals surface area (Å²) in [5.41, 5.74) is 7.75. The van der Waals surface area contributed by atoms with Crippen molar-refractivity contribution in [2.75, 3.05) is 44.4 Å². The van der Waals surface area contributed by atoms with E-state index in [-0.39, 0.29) is 5.60 Å². The number of nitrogen functional groups attached to an aromatic ring is 1. The summed E-state index contributed by atoms with van der Waals surface area (Å²) in [7, 11) is 4.22. The first-order chi connectivity index (χ1) is 9.49. The van der Waals surface area contributed by atoms with Gasteiger partial charge in [-0.05, 0) is 39.1 Å². The van der Waals surface area contributed by atoms with Crippen molar-refractivity contribution in [3.8, 4) is 5.75 Å². The Balaban J connectivity index is 2.31. The number of benzene rings is 1. The van der Waals surface area contributed by atoms with Crippen molar-refractivity contribution in [1.82, 2.24) is 4.90 Å². The van der Waals surface area contributed by atoms with E-state index in [0.29, 0.717) is 0 Å². The second kappa shape index (κ2) is 5.92. The van der Waals surface area contributed by atoms with Crippen LogP contribution in [0.3, 0.4) is 0 Å². The van der Waals surface area contributed by atoms with Crippen LogP contribution in [-0.2, 0) is 0 Å². The highest BCUT2D eigenvalue weighted by molar-refractivity contribution is 5.65. The average Bonchev–Trinajstić information content (AvgIpc) is 2.43. The van der Waals surface area contributed by atoms with Crippen molar-refractivity contribution < 1.29 is 4.74 Å². The highest BCUT2D eigenvalue weighted by Crippen LogP contribution is 2.40. The van der Waals surface area contributed by atoms with Gasteiger partial charge in [-0.25, -0.2) is 0 Å². The van der Waals surface area contributed by atoms with E-state index in [1.54, 1.807) is 0 Å². The molecule has 0 radical (unpaired) electrons. The molecule has 4 heteroatoms. The normalized spacial score (nSPS) is 16.9. The molecule has 0 amide bonds. The van der Waals surface area contributed by atoms with Gasteiger partial charge < -0.3 is 20.3 Å². The molecule has 1 heterocycles. The largest absolute Gasteiger partial charge is 0.483 e. The molecule has 0 saturated heterocycles. The van der Waals surface area contributed by atoms with Crippen LogP contribution in [0.25, 0.3) is 0 Å². The zero-order valence-corrected chi connectivity index (χ0v) is 13.1. The molecule has 0 saturated carbocycles. The number of hydrogen-bond acceptors (Lipinski definition) is 4. The third-order valence-electron chi connectivity index (χ3n) is 4.24. The number of ether oxygens (including phenoxy) is 1. The van der Waals surface area contributed by atoms with Gasteiger partial charge in [0.1, 0.15) is 11.4 Å². The maximum atomic E-state index is 6.30. The van der Waals surface area contributed by atoms with Crippen LogP contribution in [0.1, 0.15) is 26.7 Å². The number of anilines is 2. The quantitative estimate of drug-likeness (QED) is 0.840. The molecule has 4 nitrogen and oxygen atoms in total. The monoisotopic (exact) mass is 277 g/mol. The van der Waals surface area contributed by atoms with Crippen LogP contribution in [0.5, 0.6) is 5.75 Å². The Kier molecular flexibility index (Phi) is 4.43. The molecule has 2 N–H and O–H groups in total. The van der Waals surface area contributed by atoms with E-state index in [4.69, 9.17) is 10.5 Å². The third-order valence-corrected chi connectivity index (χ3v) is 4.24. The van der Waals surface area contributed by atoms with E-state index in [2.05, 4.69) is 43.8 Å². The van der Waals surface area contributed by atoms with Crippen molar-refractivity contribution in [2.24, 2.45) is 0 Å². The Morgan fingerprint density at radius 2 is 2.00 bits per heavy atom. The molecule has 0 bridgehead atoms. The van der Waals surface area contributed by atoms with Gasteiger partial charge in [0.2, 0.25) is 0 Å². The second-order valence-electron chi connectivity index (χ2n) is 5.94. The van der Waals surface area contributed by atoms with Crippen molar-refractivity contribution in [2.45, 2.75) is 32.3 Å². The first-order valence-corrected chi connectivity index (χ1v) is 7.48. The highest BCUT2D eigenvalue weighted by Gasteiger charge is 2.36. The lowest BCUT2D eigenvalue weighted by Crippen LogP contribution is -2.51. The van der Waals surface area contributed by atoms with E-state index in [9.17, 15) is 0 Å². The zero-order valence-electron chi connectivity index (χ0n) is 13.1. The molecule has 0 fully saturated rings. The number of fused-ring (bicyclic) bond motifs is 1. The van der Waals surface area contributed by atoms with Crippen LogP contribution in [0.15, 0.2) is 18.2 Å². The van der Waals surface area contributed by atoms with Crippen LogP contribution in [0.4, 0.5) is 11.4 Å². The van der Waals surface area contributed by atoms with E-state index >= 15 is 0 Å². The Labute approximate surface area is 122 Å². The van der Waals surface area contributed by atoms with E-state index in [1.807, 2.05) is 12.1 Å². The summed E-state index contributed by atoms with van der Waals surface area (Å²) in [6.07, 6.45) is 2.02. The molecule has 1 aromatic rings. The van der Waals surface area contributed by atoms with Gasteiger partial charge in [0.05, 0.1) is 12.2 Å². The molecular weight excluding hydrogens is 250 g/mol. The molecule has 0 spiro atoms. The summed E-state index contributed by atoms with van der Waals surface area (Å²) in [5, 5.41) is 0. The van der Waals surface area contributed by atoms with Gasteiger partial charge in [0.25, 0.3) is 0 Å². The topological polar surface area (TPSA) is 41.7 Å². The minimum atomic E-state index is -0.0902. The maximum Gasteiger partial charge on any atom is 0.145 e. The van der Waals surface area contributed by atoms with Crippen LogP contribution < -0.4 is 15.4 Å². The molecule has 1 aliphatic rings. The Morgan fingerprint density at radius 3 is 2.60 bits per heavy atom. The van der Waals surface area contributed by atoms with Gasteiger partial charge in [-0.15, -0.1) is 0 Å². The Morgan fingerprint density at radius 1 is 1.30 bits per heavy atom. The van der Waals surface area contributed by atoms with E-state index in [0.717, 1.165) is 43.9 Å². The minimum Gasteiger partial charge on any atom is -0.483 e. The van der Waals surface area contributed by atoms with Gasteiger partial charge in [0.15, 0.2) is 0 Å². The molecular formula is C16H27N3O. The molecule has 0 aromatic heterocycles. The SMILES string of the molecule is CCC1(CC)CN(CCN(C)C)c2ccc(N)cc2O1. The fourth-order valence-corrected chi connectivity index (χ4v) is 2.71. The van der Waals surface area contributed by atoms with Gasteiger partial charge in [-0.2, -0.15) is 0 Å². The molecule has 0 unspecified atom stereocenters. The van der Waals surface area contributed by atoms with Crippen molar-refractivity contribution in [3.63, 3.8) is 0 Å². The first kappa shape index (κ1) is 15.0. The molecule has 1 aliphatic heterocycles. The fraction of sp³-hybridized carbons (Fsp3) is 0.625. The van der Waals surface area contributed by atoms with Crippen molar-refractivity contribution in [1.29, 1.82) is 0 Å². The maximum absolute atomic E-state index is 6.30. The number of likely N-dealkylation sites (N-methyl/N-ethyl adjacent to an activating group) is 1. The minimum absolute atomic E-state index is 0.0902. The number of hydrogen-bond donors (Lipinski definition) is 1. The summed E-state index contributed by atoms with van der Waals surface area (Å²) in [6, 6.07) is 5.99. The standard InChI is InChI=1S/C16H27N3O/c1-5-16(6-2)12-19(10-9-18(3)4)14-8-7-13(17)11-15(14)20-16/h7-8,11H,5-6,9-10,12,17H2,1-4H3. The smallest absolute Gasteiger partial charge is 0.145 e. The third kappa shape index (κ3) is 3.01. The first-order valence-electron chi connectivity index (χ1n) is 7.48. The number of nitrogens with two attached hydrogens (primary N) is 1. The molecule has 20 heavy (non-hydrogen) atoms. The Hall–Kier alpha value is -1.42. The second-order valence-corrected chi connectivity index (χ2v) is 5.94. The summed E-state index contributed by atoms with van der Waals surface area (Å²) < 4.78 is 6.30. The van der Waals surface area contributed by atoms with Crippen molar-refractivity contribution in [3.05, 3.63) is 18.2 Å². The number of rotatable bonds is 5. The summed E-state index contributed by atoms with van der Waals surface area (Å²) >= 11 is 0. The fourth-order valence-electron chi connectivity index (χ4n) is 2.71. The predicted octanol–water partition coefficient (Wildman–Crippen LogP) is 2.59. The van der Waals surface area contributed by atoms with Crippen LogP contribution in [-0.4, -0.2) is 44.2 Å². The lowest BCUT2D eigenvalue weighted by Gasteiger charge is -2.44.